The van der Waals surface area contributed by atoms with E-state index in [0.29, 0.717) is 29.6 Å². The minimum Gasteiger partial charge on any atom is -0.493 e. The minimum atomic E-state index is -0.582. The van der Waals surface area contributed by atoms with E-state index in [0.717, 1.165) is 16.9 Å². The molecule has 0 atom stereocenters. The highest BCUT2D eigenvalue weighted by Gasteiger charge is 2.13. The van der Waals surface area contributed by atoms with Crippen LogP contribution >= 0.6 is 11.6 Å². The largest absolute Gasteiger partial charge is 0.493 e. The molecule has 0 aliphatic heterocycles. The van der Waals surface area contributed by atoms with Gasteiger partial charge < -0.3 is 25.3 Å². The van der Waals surface area contributed by atoms with Crippen LogP contribution in [0.3, 0.4) is 0 Å². The van der Waals surface area contributed by atoms with Gasteiger partial charge in [-0.1, -0.05) is 29.8 Å². The molecule has 0 saturated carbocycles. The molecule has 2 aromatic carbocycles. The Bertz CT molecular complexity index is 781. The van der Waals surface area contributed by atoms with Crippen molar-refractivity contribution in [2.45, 2.75) is 33.0 Å². The Labute approximate surface area is 164 Å². The molecule has 0 bridgehead atoms. The third-order valence-electron chi connectivity index (χ3n) is 3.63. The third kappa shape index (κ3) is 6.34. The molecule has 0 aromatic heterocycles. The van der Waals surface area contributed by atoms with Gasteiger partial charge in [0.1, 0.15) is 5.75 Å². The van der Waals surface area contributed by atoms with Crippen LogP contribution in [0.2, 0.25) is 5.02 Å². The Morgan fingerprint density at radius 1 is 1.19 bits per heavy atom. The number of ether oxygens (including phenoxy) is 3. The molecule has 1 amide bonds. The number of para-hydroxylation sites is 1. The lowest BCUT2D eigenvalue weighted by molar-refractivity contribution is -0.119. The number of rotatable bonds is 10. The van der Waals surface area contributed by atoms with Gasteiger partial charge in [-0.25, -0.2) is 0 Å². The average molecular weight is 393 g/mol. The standard InChI is InChI=1S/C20H25ClN2O4/c1-13(2)27-17-7-5-4-6-15(17)11-23-10-14-8-16(21)20(18(9-14)25-3)26-12-19(22)24/h4-9,13,23H,10-12H2,1-3H3,(H2,22,24). The van der Waals surface area contributed by atoms with Gasteiger partial charge in [-0.3, -0.25) is 4.79 Å². The predicted octanol–water partition coefficient (Wildman–Crippen LogP) is 3.29. The van der Waals surface area contributed by atoms with Crippen LogP contribution in [0.4, 0.5) is 0 Å². The first kappa shape index (κ1) is 20.9. The SMILES string of the molecule is COc1cc(CNCc2ccccc2OC(C)C)cc(Cl)c1OCC(N)=O. The van der Waals surface area contributed by atoms with Gasteiger partial charge in [0, 0.05) is 18.7 Å². The summed E-state index contributed by atoms with van der Waals surface area (Å²) in [6.45, 7) is 4.95. The van der Waals surface area contributed by atoms with E-state index >= 15 is 0 Å². The summed E-state index contributed by atoms with van der Waals surface area (Å²) in [5.41, 5.74) is 7.10. The first-order valence-corrected chi connectivity index (χ1v) is 9.01. The average Bonchev–Trinajstić information content (AvgIpc) is 2.61. The van der Waals surface area contributed by atoms with Crippen molar-refractivity contribution in [3.05, 3.63) is 52.5 Å². The van der Waals surface area contributed by atoms with Crippen LogP contribution in [0.25, 0.3) is 0 Å². The molecule has 0 aliphatic rings. The predicted molar refractivity (Wildman–Crippen MR) is 105 cm³/mol. The van der Waals surface area contributed by atoms with E-state index in [9.17, 15) is 4.79 Å². The van der Waals surface area contributed by atoms with Crippen LogP contribution in [0.15, 0.2) is 36.4 Å². The summed E-state index contributed by atoms with van der Waals surface area (Å²) in [5, 5.41) is 3.73. The van der Waals surface area contributed by atoms with E-state index < -0.39 is 5.91 Å². The Morgan fingerprint density at radius 2 is 1.93 bits per heavy atom. The summed E-state index contributed by atoms with van der Waals surface area (Å²) in [6.07, 6.45) is 0.113. The van der Waals surface area contributed by atoms with E-state index in [1.165, 1.54) is 7.11 Å². The molecule has 7 heteroatoms. The smallest absolute Gasteiger partial charge is 0.255 e. The monoisotopic (exact) mass is 392 g/mol. The Morgan fingerprint density at radius 3 is 2.59 bits per heavy atom. The second kappa shape index (κ2) is 10.0. The van der Waals surface area contributed by atoms with Gasteiger partial charge in [0.15, 0.2) is 18.1 Å². The molecule has 0 radical (unpaired) electrons. The minimum absolute atomic E-state index is 0.113. The molecule has 6 nitrogen and oxygen atoms in total. The Kier molecular flexibility index (Phi) is 7.76. The summed E-state index contributed by atoms with van der Waals surface area (Å²) in [4.78, 5) is 10.9. The van der Waals surface area contributed by atoms with Gasteiger partial charge in [-0.15, -0.1) is 0 Å². The van der Waals surface area contributed by atoms with Crippen molar-refractivity contribution in [3.8, 4) is 17.2 Å². The van der Waals surface area contributed by atoms with Crippen molar-refractivity contribution >= 4 is 17.5 Å². The van der Waals surface area contributed by atoms with Crippen LogP contribution in [0, 0.1) is 0 Å². The van der Waals surface area contributed by atoms with Crippen molar-refractivity contribution in [3.63, 3.8) is 0 Å². The van der Waals surface area contributed by atoms with Crippen molar-refractivity contribution in [1.29, 1.82) is 0 Å². The number of primary amides is 1. The second-order valence-corrected chi connectivity index (χ2v) is 6.65. The summed E-state index contributed by atoms with van der Waals surface area (Å²) in [6, 6.07) is 11.5. The molecule has 3 N–H and O–H groups in total. The number of carbonyl (C=O) groups is 1. The number of benzene rings is 2. The summed E-state index contributed by atoms with van der Waals surface area (Å²) < 4.78 is 16.5. The maximum Gasteiger partial charge on any atom is 0.255 e. The number of hydrogen-bond acceptors (Lipinski definition) is 5. The summed E-state index contributed by atoms with van der Waals surface area (Å²) >= 11 is 6.27. The van der Waals surface area contributed by atoms with Crippen molar-refractivity contribution < 1.29 is 19.0 Å². The quantitative estimate of drug-likeness (QED) is 0.648. The maximum atomic E-state index is 10.9. The van der Waals surface area contributed by atoms with E-state index in [4.69, 9.17) is 31.5 Å². The number of carbonyl (C=O) groups excluding carboxylic acids is 1. The van der Waals surface area contributed by atoms with Crippen molar-refractivity contribution in [2.75, 3.05) is 13.7 Å². The molecule has 0 aliphatic carbocycles. The highest BCUT2D eigenvalue weighted by molar-refractivity contribution is 6.32. The molecule has 0 unspecified atom stereocenters. The van der Waals surface area contributed by atoms with Crippen LogP contribution in [-0.4, -0.2) is 25.7 Å². The zero-order valence-corrected chi connectivity index (χ0v) is 16.5. The highest BCUT2D eigenvalue weighted by atomic mass is 35.5. The topological polar surface area (TPSA) is 82.8 Å². The third-order valence-corrected chi connectivity index (χ3v) is 3.91. The van der Waals surface area contributed by atoms with E-state index in [-0.39, 0.29) is 12.7 Å². The van der Waals surface area contributed by atoms with E-state index in [2.05, 4.69) is 5.32 Å². The Balaban J connectivity index is 2.04. The van der Waals surface area contributed by atoms with E-state index in [1.807, 2.05) is 44.2 Å². The van der Waals surface area contributed by atoms with Gasteiger partial charge in [-0.2, -0.15) is 0 Å². The molecule has 2 rings (SSSR count). The zero-order valence-electron chi connectivity index (χ0n) is 15.8. The molecule has 0 spiro atoms. The number of halogens is 1. The lowest BCUT2D eigenvalue weighted by atomic mass is 10.1. The van der Waals surface area contributed by atoms with Crippen LogP contribution < -0.4 is 25.3 Å². The number of amides is 1. The zero-order chi connectivity index (χ0) is 19.8. The molecule has 0 saturated heterocycles. The molecule has 146 valence electrons. The highest BCUT2D eigenvalue weighted by Crippen LogP contribution is 2.36. The van der Waals surface area contributed by atoms with Crippen molar-refractivity contribution in [1.82, 2.24) is 5.32 Å². The normalized spacial score (nSPS) is 10.7. The number of nitrogens with one attached hydrogen (secondary N) is 1. The Hall–Kier alpha value is -2.44. The van der Waals surface area contributed by atoms with Gasteiger partial charge >= 0.3 is 0 Å². The van der Waals surface area contributed by atoms with Gasteiger partial charge in [0.25, 0.3) is 5.91 Å². The number of hydrogen-bond donors (Lipinski definition) is 2. The van der Waals surface area contributed by atoms with Gasteiger partial charge in [-0.05, 0) is 37.6 Å². The molecular formula is C20H25ClN2O4. The van der Waals surface area contributed by atoms with Crippen LogP contribution in [0.5, 0.6) is 17.2 Å². The van der Waals surface area contributed by atoms with Gasteiger partial charge in [0.05, 0.1) is 18.2 Å². The second-order valence-electron chi connectivity index (χ2n) is 6.24. The fraction of sp³-hybridized carbons (Fsp3) is 0.350. The maximum absolute atomic E-state index is 10.9. The van der Waals surface area contributed by atoms with Gasteiger partial charge in [0.2, 0.25) is 0 Å². The fourth-order valence-corrected chi connectivity index (χ4v) is 2.81. The van der Waals surface area contributed by atoms with E-state index in [1.54, 1.807) is 6.07 Å². The first-order chi connectivity index (χ1) is 12.9. The van der Waals surface area contributed by atoms with Crippen LogP contribution in [-0.2, 0) is 17.9 Å². The molecular weight excluding hydrogens is 368 g/mol. The molecule has 0 fully saturated rings. The lowest BCUT2D eigenvalue weighted by Gasteiger charge is -2.16. The first-order valence-electron chi connectivity index (χ1n) is 8.63. The summed E-state index contributed by atoms with van der Waals surface area (Å²) in [5.74, 6) is 1.04. The van der Waals surface area contributed by atoms with Crippen molar-refractivity contribution in [2.24, 2.45) is 5.73 Å². The summed E-state index contributed by atoms with van der Waals surface area (Å²) in [7, 11) is 1.51. The molecule has 0 heterocycles. The van der Waals surface area contributed by atoms with Crippen LogP contribution in [0.1, 0.15) is 25.0 Å². The molecule has 27 heavy (non-hydrogen) atoms. The molecule has 2 aromatic rings. The number of methoxy groups -OCH3 is 1. The lowest BCUT2D eigenvalue weighted by Crippen LogP contribution is -2.20. The fourth-order valence-electron chi connectivity index (χ4n) is 2.52. The number of nitrogens with two attached hydrogens (primary N) is 1.